The molecule has 4 aromatic carbocycles. The summed E-state index contributed by atoms with van der Waals surface area (Å²) >= 11 is 2.11. The normalized spacial score (nSPS) is 13.0. The van der Waals surface area contributed by atoms with E-state index in [-0.39, 0.29) is 0 Å². The average Bonchev–Trinajstić information content (AvgIpc) is 2.81. The number of benzene rings is 4. The van der Waals surface area contributed by atoms with Crippen molar-refractivity contribution < 1.29 is 0 Å². The minimum Gasteiger partial charge on any atom is -0.128 e. The minimum atomic E-state index is -2.35. The Morgan fingerprint density at radius 1 is 0.484 bits per heavy atom. The first kappa shape index (κ1) is 21.9. The molecule has 4 aromatic rings. The molecule has 0 aliphatic heterocycles. The van der Waals surface area contributed by atoms with Gasteiger partial charge in [0.2, 0.25) is 0 Å². The lowest BCUT2D eigenvalue weighted by Gasteiger charge is -2.45. The van der Waals surface area contributed by atoms with Crippen LogP contribution >= 0.6 is 11.8 Å². The quantitative estimate of drug-likeness (QED) is 0.195. The summed E-state index contributed by atoms with van der Waals surface area (Å²) in [6.07, 6.45) is 0. The van der Waals surface area contributed by atoms with Gasteiger partial charge in [-0.2, -0.15) is 0 Å². The van der Waals surface area contributed by atoms with Crippen molar-refractivity contribution in [1.29, 1.82) is 0 Å². The first-order valence-corrected chi connectivity index (χ1v) is 17.4. The van der Waals surface area contributed by atoms with Crippen molar-refractivity contribution in [3.05, 3.63) is 121 Å². The third-order valence-corrected chi connectivity index (χ3v) is 20.5. The summed E-state index contributed by atoms with van der Waals surface area (Å²) in [6, 6.07) is 45.0. The molecular weight excluding hydrogens is 425 g/mol. The van der Waals surface area contributed by atoms with E-state index in [1.807, 2.05) is 0 Å². The zero-order valence-corrected chi connectivity index (χ0v) is 21.3. The van der Waals surface area contributed by atoms with Gasteiger partial charge in [0.05, 0.1) is 8.07 Å². The molecular formula is C28H30SSi2. The van der Waals surface area contributed by atoms with Crippen LogP contribution in [0.15, 0.2) is 126 Å². The van der Waals surface area contributed by atoms with Crippen molar-refractivity contribution in [1.82, 2.24) is 0 Å². The van der Waals surface area contributed by atoms with Crippen LogP contribution in [-0.2, 0) is 0 Å². The highest BCUT2D eigenvalue weighted by Crippen LogP contribution is 2.36. The van der Waals surface area contributed by atoms with Crippen LogP contribution in [0.4, 0.5) is 0 Å². The molecule has 0 aliphatic carbocycles. The highest BCUT2D eigenvalue weighted by molar-refractivity contribution is 8.04. The molecule has 0 aliphatic rings. The first-order chi connectivity index (χ1) is 15.0. The zero-order chi connectivity index (χ0) is 21.7. The van der Waals surface area contributed by atoms with E-state index < -0.39 is 16.1 Å². The fourth-order valence-corrected chi connectivity index (χ4v) is 20.1. The molecule has 0 amide bonds. The number of hydrogen-bond acceptors (Lipinski definition) is 1. The molecule has 0 saturated carbocycles. The Balaban J connectivity index is 2.07. The lowest BCUT2D eigenvalue weighted by atomic mass is 10.3. The first-order valence-electron chi connectivity index (χ1n) is 10.9. The van der Waals surface area contributed by atoms with Gasteiger partial charge in [-0.05, 0) is 27.7 Å². The molecule has 0 saturated heterocycles. The average molecular weight is 455 g/mol. The monoisotopic (exact) mass is 454 g/mol. The molecule has 31 heavy (non-hydrogen) atoms. The van der Waals surface area contributed by atoms with Crippen molar-refractivity contribution >= 4 is 43.5 Å². The Bertz CT molecular complexity index is 979. The second-order valence-electron chi connectivity index (χ2n) is 9.08. The summed E-state index contributed by atoms with van der Waals surface area (Å²) in [5.74, 6) is 0. The van der Waals surface area contributed by atoms with Gasteiger partial charge in [-0.3, -0.25) is 0 Å². The molecule has 0 aromatic heterocycles. The zero-order valence-electron chi connectivity index (χ0n) is 18.5. The van der Waals surface area contributed by atoms with Gasteiger partial charge in [0, 0.05) is 9.39 Å². The van der Waals surface area contributed by atoms with Crippen molar-refractivity contribution in [2.45, 2.75) is 29.0 Å². The molecule has 0 N–H and O–H groups in total. The van der Waals surface area contributed by atoms with Crippen LogP contribution in [0.1, 0.15) is 0 Å². The summed E-state index contributed by atoms with van der Waals surface area (Å²) in [7, 11) is -3.98. The Morgan fingerprint density at radius 2 is 0.806 bits per heavy atom. The third-order valence-electron chi connectivity index (χ3n) is 5.86. The molecule has 0 fully saturated rings. The van der Waals surface area contributed by atoms with Gasteiger partial charge in [0.25, 0.3) is 0 Å². The van der Waals surface area contributed by atoms with E-state index in [1.165, 1.54) is 20.5 Å². The predicted molar refractivity (Wildman–Crippen MR) is 143 cm³/mol. The van der Waals surface area contributed by atoms with Gasteiger partial charge < -0.3 is 0 Å². The molecule has 0 radical (unpaired) electrons. The van der Waals surface area contributed by atoms with Crippen LogP contribution in [0.25, 0.3) is 0 Å². The van der Waals surface area contributed by atoms with Crippen molar-refractivity contribution in [2.24, 2.45) is 0 Å². The van der Waals surface area contributed by atoms with E-state index in [0.717, 1.165) is 0 Å². The maximum absolute atomic E-state index is 2.55. The van der Waals surface area contributed by atoms with E-state index >= 15 is 0 Å². The maximum atomic E-state index is 2.55. The predicted octanol–water partition coefficient (Wildman–Crippen LogP) is 5.73. The van der Waals surface area contributed by atoms with Crippen LogP contribution in [-0.4, -0.2) is 20.6 Å². The molecule has 4 rings (SSSR count). The highest BCUT2D eigenvalue weighted by Gasteiger charge is 2.51. The van der Waals surface area contributed by atoms with E-state index in [9.17, 15) is 0 Å². The largest absolute Gasteiger partial charge is 0.158 e. The van der Waals surface area contributed by atoms with E-state index in [4.69, 9.17) is 0 Å². The molecule has 1 atom stereocenters. The van der Waals surface area contributed by atoms with Gasteiger partial charge >= 0.3 is 0 Å². The molecule has 0 bridgehead atoms. The Kier molecular flexibility index (Phi) is 6.66. The molecule has 156 valence electrons. The van der Waals surface area contributed by atoms with Gasteiger partial charge in [-0.15, -0.1) is 11.8 Å². The van der Waals surface area contributed by atoms with Crippen LogP contribution in [0.3, 0.4) is 0 Å². The Labute approximate surface area is 193 Å². The lowest BCUT2D eigenvalue weighted by molar-refractivity contribution is 1.43. The van der Waals surface area contributed by atoms with Gasteiger partial charge in [0.15, 0.2) is 8.07 Å². The second-order valence-corrected chi connectivity index (χ2v) is 20.9. The van der Waals surface area contributed by atoms with E-state index in [2.05, 4.69) is 153 Å². The molecule has 3 heteroatoms. The minimum absolute atomic E-state index is 0.537. The highest BCUT2D eigenvalue weighted by atomic mass is 32.2. The summed E-state index contributed by atoms with van der Waals surface area (Å²) < 4.78 is 0.537. The Hall–Kier alpha value is -2.34. The molecule has 1 unspecified atom stereocenters. The molecule has 0 nitrogen and oxygen atoms in total. The number of hydrogen-bond donors (Lipinski definition) is 0. The Morgan fingerprint density at radius 3 is 1.13 bits per heavy atom. The summed E-state index contributed by atoms with van der Waals surface area (Å²) in [4.78, 5) is 1.37. The molecule has 0 heterocycles. The summed E-state index contributed by atoms with van der Waals surface area (Å²) in [6.45, 7) is 7.64. The maximum Gasteiger partial charge on any atom is 0.158 e. The van der Waals surface area contributed by atoms with E-state index in [1.54, 1.807) is 0 Å². The smallest absolute Gasteiger partial charge is 0.128 e. The van der Waals surface area contributed by atoms with Gasteiger partial charge in [0.1, 0.15) is 0 Å². The van der Waals surface area contributed by atoms with E-state index in [0.29, 0.717) is 4.50 Å². The van der Waals surface area contributed by atoms with Crippen molar-refractivity contribution in [3.8, 4) is 0 Å². The van der Waals surface area contributed by atoms with Gasteiger partial charge in [-0.25, -0.2) is 0 Å². The standard InChI is InChI=1S/C28H30SSi2/c1-30(2,3)28(29-24-16-8-4-9-17-24)31(25-18-10-5-11-19-25,26-20-12-6-13-21-26)27-22-14-7-15-23-27/h4-23,28H,1-3H3. The van der Waals surface area contributed by atoms with Crippen molar-refractivity contribution in [2.75, 3.05) is 0 Å². The number of rotatable bonds is 7. The topological polar surface area (TPSA) is 0 Å². The SMILES string of the molecule is C[Si](C)(C)C(Sc1ccccc1)[Si](c1ccccc1)(c1ccccc1)c1ccccc1. The third kappa shape index (κ3) is 4.50. The fourth-order valence-electron chi connectivity index (χ4n) is 4.61. The van der Waals surface area contributed by atoms with Crippen LogP contribution in [0.5, 0.6) is 0 Å². The van der Waals surface area contributed by atoms with Crippen LogP contribution in [0, 0.1) is 0 Å². The van der Waals surface area contributed by atoms with Crippen molar-refractivity contribution in [3.63, 3.8) is 0 Å². The van der Waals surface area contributed by atoms with Crippen LogP contribution < -0.4 is 15.6 Å². The summed E-state index contributed by atoms with van der Waals surface area (Å²) in [5.41, 5.74) is 0. The number of thioether (sulfide) groups is 1. The lowest BCUT2D eigenvalue weighted by Crippen LogP contribution is -2.77. The second kappa shape index (κ2) is 9.43. The fraction of sp³-hybridized carbons (Fsp3) is 0.143. The van der Waals surface area contributed by atoms with Crippen LogP contribution in [0.2, 0.25) is 19.6 Å². The summed E-state index contributed by atoms with van der Waals surface area (Å²) in [5, 5.41) is 4.51. The van der Waals surface area contributed by atoms with Gasteiger partial charge in [-0.1, -0.05) is 129 Å². The molecule has 0 spiro atoms.